The van der Waals surface area contributed by atoms with Crippen LogP contribution in [-0.2, 0) is 16.4 Å². The Hall–Kier alpha value is -3.26. The first-order valence-electron chi connectivity index (χ1n) is 8.36. The summed E-state index contributed by atoms with van der Waals surface area (Å²) in [6.07, 6.45) is 3.96. The third kappa shape index (κ3) is 3.52. The first kappa shape index (κ1) is 17.2. The summed E-state index contributed by atoms with van der Waals surface area (Å²) in [6, 6.07) is 16.7. The molecule has 27 heavy (non-hydrogen) atoms. The van der Waals surface area contributed by atoms with Gasteiger partial charge >= 0.3 is 0 Å². The Kier molecular flexibility index (Phi) is 4.33. The highest BCUT2D eigenvalue weighted by Crippen LogP contribution is 2.26. The van der Waals surface area contributed by atoms with Crippen LogP contribution in [-0.4, -0.2) is 29.3 Å². The van der Waals surface area contributed by atoms with Gasteiger partial charge in [0, 0.05) is 0 Å². The number of hydrogen-bond donors (Lipinski definition) is 1. The zero-order chi connectivity index (χ0) is 18.9. The van der Waals surface area contributed by atoms with E-state index in [-0.39, 0.29) is 10.6 Å². The van der Waals surface area contributed by atoms with Crippen LogP contribution in [0.3, 0.4) is 0 Å². The van der Waals surface area contributed by atoms with Gasteiger partial charge in [0.1, 0.15) is 0 Å². The summed E-state index contributed by atoms with van der Waals surface area (Å²) in [7, 11) is -3.94. The molecule has 1 heterocycles. The second-order valence-corrected chi connectivity index (χ2v) is 7.86. The highest BCUT2D eigenvalue weighted by molar-refractivity contribution is 7.94. The molecule has 0 bridgehead atoms. The summed E-state index contributed by atoms with van der Waals surface area (Å²) in [6.45, 7) is 0. The Labute approximate surface area is 156 Å². The van der Waals surface area contributed by atoms with Gasteiger partial charge in [-0.3, -0.25) is 4.79 Å². The number of carbonyl (C=O) groups is 1. The van der Waals surface area contributed by atoms with E-state index in [2.05, 4.69) is 15.0 Å². The van der Waals surface area contributed by atoms with Gasteiger partial charge in [-0.2, -0.15) is 0 Å². The van der Waals surface area contributed by atoms with Crippen LogP contribution in [0.15, 0.2) is 65.7 Å². The minimum absolute atomic E-state index is 0.0702. The van der Waals surface area contributed by atoms with Crippen LogP contribution in [0.25, 0.3) is 11.8 Å². The lowest BCUT2D eigenvalue weighted by Crippen LogP contribution is -2.32. The quantitative estimate of drug-likeness (QED) is 0.750. The second kappa shape index (κ2) is 6.81. The van der Waals surface area contributed by atoms with Crippen molar-refractivity contribution in [1.29, 1.82) is 0 Å². The number of hydrogen-bond acceptors (Lipinski definition) is 5. The Morgan fingerprint density at radius 1 is 1.00 bits per heavy atom. The highest BCUT2D eigenvalue weighted by Gasteiger charge is 2.25. The third-order valence-electron chi connectivity index (χ3n) is 4.33. The minimum atomic E-state index is -3.94. The summed E-state index contributed by atoms with van der Waals surface area (Å²) in [5.74, 6) is -0.808. The van der Waals surface area contributed by atoms with E-state index in [9.17, 15) is 13.2 Å². The van der Waals surface area contributed by atoms with Crippen molar-refractivity contribution in [1.82, 2.24) is 19.7 Å². The van der Waals surface area contributed by atoms with Gasteiger partial charge in [-0.15, -0.1) is 5.10 Å². The molecule has 1 aromatic heterocycles. The summed E-state index contributed by atoms with van der Waals surface area (Å²) >= 11 is 0. The number of nitrogens with zero attached hydrogens (tertiary/aromatic N) is 3. The number of aromatic nitrogens is 3. The van der Waals surface area contributed by atoms with Gasteiger partial charge in [0.2, 0.25) is 0 Å². The van der Waals surface area contributed by atoms with Crippen LogP contribution in [0.4, 0.5) is 0 Å². The summed E-state index contributed by atoms with van der Waals surface area (Å²) in [4.78, 5) is 12.5. The van der Waals surface area contributed by atoms with Crippen molar-refractivity contribution in [2.45, 2.75) is 12.8 Å². The van der Waals surface area contributed by atoms with E-state index in [0.29, 0.717) is 12.8 Å². The van der Waals surface area contributed by atoms with Crippen molar-refractivity contribution >= 4 is 22.0 Å². The molecule has 1 amide bonds. The number of rotatable bonds is 4. The molecule has 0 saturated heterocycles. The summed E-state index contributed by atoms with van der Waals surface area (Å²) < 4.78 is 28.7. The molecule has 7 nitrogen and oxygen atoms in total. The van der Waals surface area contributed by atoms with Gasteiger partial charge in [0.25, 0.3) is 15.9 Å². The fourth-order valence-electron chi connectivity index (χ4n) is 2.93. The molecule has 0 fully saturated rings. The van der Waals surface area contributed by atoms with Crippen molar-refractivity contribution in [3.05, 3.63) is 82.5 Å². The van der Waals surface area contributed by atoms with Crippen LogP contribution in [0.5, 0.6) is 0 Å². The zero-order valence-corrected chi connectivity index (χ0v) is 15.1. The van der Waals surface area contributed by atoms with Crippen LogP contribution in [0.1, 0.15) is 28.0 Å². The number of sulfonamides is 1. The second-order valence-electron chi connectivity index (χ2n) is 6.13. The summed E-state index contributed by atoms with van der Waals surface area (Å²) in [5, 5.41) is 7.65. The van der Waals surface area contributed by atoms with Crippen LogP contribution in [0.2, 0.25) is 0 Å². The average molecular weight is 380 g/mol. The van der Waals surface area contributed by atoms with E-state index < -0.39 is 15.9 Å². The van der Waals surface area contributed by atoms with Gasteiger partial charge in [0.05, 0.1) is 16.8 Å². The molecular formula is C19H16N4O3S. The molecule has 136 valence electrons. The molecular weight excluding hydrogens is 364 g/mol. The van der Waals surface area contributed by atoms with E-state index in [4.69, 9.17) is 0 Å². The van der Waals surface area contributed by atoms with Crippen molar-refractivity contribution < 1.29 is 13.2 Å². The number of amides is 1. The van der Waals surface area contributed by atoms with Crippen LogP contribution in [0, 0.1) is 0 Å². The predicted molar refractivity (Wildman–Crippen MR) is 100 cm³/mol. The fraction of sp³-hybridized carbons (Fsp3) is 0.105. The van der Waals surface area contributed by atoms with Gasteiger partial charge in [-0.05, 0) is 42.2 Å². The first-order valence-corrected chi connectivity index (χ1v) is 9.85. The number of para-hydroxylation sites is 1. The van der Waals surface area contributed by atoms with Crippen molar-refractivity contribution in [2.24, 2.45) is 0 Å². The zero-order valence-electron chi connectivity index (χ0n) is 14.2. The smallest absolute Gasteiger partial charge is 0.266 e. The molecule has 3 aromatic rings. The molecule has 0 spiro atoms. The Bertz CT molecular complexity index is 1130. The predicted octanol–water partition coefficient (Wildman–Crippen LogP) is 2.31. The van der Waals surface area contributed by atoms with Gasteiger partial charge < -0.3 is 0 Å². The number of benzene rings is 2. The van der Waals surface area contributed by atoms with Crippen LogP contribution < -0.4 is 4.72 Å². The third-order valence-corrected chi connectivity index (χ3v) is 5.80. The number of nitrogens with one attached hydrogen (secondary N) is 1. The van der Waals surface area contributed by atoms with E-state index >= 15 is 0 Å². The van der Waals surface area contributed by atoms with Gasteiger partial charge in [0.15, 0.2) is 5.69 Å². The SMILES string of the molecule is O=C(NS(=O)(=O)C1=Cc2ccccc2CC1)c1cn(-c2ccccc2)nn1. The summed E-state index contributed by atoms with van der Waals surface area (Å²) in [5.41, 5.74) is 2.60. The Morgan fingerprint density at radius 3 is 2.56 bits per heavy atom. The molecule has 2 aromatic carbocycles. The number of carbonyl (C=O) groups excluding carboxylic acids is 1. The standard InChI is InChI=1S/C19H16N4O3S/c24-19(18-13-23(22-20-18)16-8-2-1-3-9-16)21-27(25,26)17-11-10-14-6-4-5-7-15(14)12-17/h1-9,12-13H,10-11H2,(H,21,24). The van der Waals surface area contributed by atoms with Crippen molar-refractivity contribution in [3.63, 3.8) is 0 Å². The molecule has 1 aliphatic rings. The first-order chi connectivity index (χ1) is 13.0. The molecule has 0 saturated carbocycles. The molecule has 4 rings (SSSR count). The molecule has 0 aliphatic heterocycles. The van der Waals surface area contributed by atoms with E-state index in [1.807, 2.05) is 42.5 Å². The van der Waals surface area contributed by atoms with E-state index in [0.717, 1.165) is 16.8 Å². The molecule has 0 atom stereocenters. The van der Waals surface area contributed by atoms with Gasteiger partial charge in [-0.1, -0.05) is 47.7 Å². The normalized spacial score (nSPS) is 13.6. The monoisotopic (exact) mass is 380 g/mol. The van der Waals surface area contributed by atoms with Crippen LogP contribution >= 0.6 is 0 Å². The minimum Gasteiger partial charge on any atom is -0.266 e. The molecule has 0 unspecified atom stereocenters. The maximum absolute atomic E-state index is 12.6. The lowest BCUT2D eigenvalue weighted by molar-refractivity contribution is 0.0976. The fourth-order valence-corrected chi connectivity index (χ4v) is 4.07. The van der Waals surface area contributed by atoms with E-state index in [1.54, 1.807) is 18.2 Å². The average Bonchev–Trinajstić information content (AvgIpc) is 3.18. The maximum atomic E-state index is 12.6. The lowest BCUT2D eigenvalue weighted by Gasteiger charge is -2.16. The topological polar surface area (TPSA) is 94.0 Å². The molecule has 0 radical (unpaired) electrons. The lowest BCUT2D eigenvalue weighted by atomic mass is 9.98. The Balaban J connectivity index is 1.55. The van der Waals surface area contributed by atoms with Crippen molar-refractivity contribution in [3.8, 4) is 5.69 Å². The van der Waals surface area contributed by atoms with Crippen molar-refractivity contribution in [2.75, 3.05) is 0 Å². The number of fused-ring (bicyclic) bond motifs is 1. The largest absolute Gasteiger partial charge is 0.287 e. The van der Waals surface area contributed by atoms with E-state index in [1.165, 1.54) is 10.9 Å². The number of aryl methyl sites for hydroxylation is 1. The highest BCUT2D eigenvalue weighted by atomic mass is 32.2. The Morgan fingerprint density at radius 2 is 1.74 bits per heavy atom. The molecule has 1 aliphatic carbocycles. The molecule has 1 N–H and O–H groups in total. The maximum Gasteiger partial charge on any atom is 0.287 e. The number of allylic oxidation sites excluding steroid dienone is 1. The molecule has 8 heteroatoms. The van der Waals surface area contributed by atoms with Gasteiger partial charge in [-0.25, -0.2) is 17.8 Å².